The smallest absolute Gasteiger partial charge is 0.204 e. The molecular weight excluding hydrogens is 401 g/mol. The maximum absolute atomic E-state index is 15.0. The zero-order valence-corrected chi connectivity index (χ0v) is 18.4. The summed E-state index contributed by atoms with van der Waals surface area (Å²) in [5.41, 5.74) is 18.7. The van der Waals surface area contributed by atoms with Crippen LogP contribution in [0.3, 0.4) is 0 Å². The Bertz CT molecular complexity index is 1170. The number of halogens is 1. The van der Waals surface area contributed by atoms with Gasteiger partial charge in [-0.3, -0.25) is 9.98 Å². The fourth-order valence-corrected chi connectivity index (χ4v) is 4.13. The molecule has 4 N–H and O–H groups in total. The Balaban J connectivity index is 1.47. The SMILES string of the molecule is Cc1cc(-c2ccc(CN=C(N)C(F)=C(N)N3CCc4ccccc4C3C)cc2)ccn1. The van der Waals surface area contributed by atoms with Crippen LogP contribution < -0.4 is 11.5 Å². The van der Waals surface area contributed by atoms with Gasteiger partial charge in [0.25, 0.3) is 0 Å². The second-order valence-corrected chi connectivity index (χ2v) is 8.10. The number of aromatic nitrogens is 1. The lowest BCUT2D eigenvalue weighted by Crippen LogP contribution is -2.38. The molecule has 1 aliphatic heterocycles. The van der Waals surface area contributed by atoms with E-state index in [2.05, 4.69) is 22.1 Å². The molecule has 0 aliphatic carbocycles. The Kier molecular flexibility index (Phi) is 6.21. The van der Waals surface area contributed by atoms with Gasteiger partial charge >= 0.3 is 0 Å². The van der Waals surface area contributed by atoms with E-state index in [9.17, 15) is 0 Å². The third-order valence-electron chi connectivity index (χ3n) is 5.97. The summed E-state index contributed by atoms with van der Waals surface area (Å²) in [6, 6.07) is 20.1. The predicted molar refractivity (Wildman–Crippen MR) is 127 cm³/mol. The molecule has 164 valence electrons. The van der Waals surface area contributed by atoms with Gasteiger partial charge in [-0.2, -0.15) is 4.39 Å². The maximum Gasteiger partial charge on any atom is 0.204 e. The van der Waals surface area contributed by atoms with Crippen LogP contribution in [0.4, 0.5) is 4.39 Å². The van der Waals surface area contributed by atoms with Crippen molar-refractivity contribution in [3.8, 4) is 11.1 Å². The topological polar surface area (TPSA) is 80.5 Å². The van der Waals surface area contributed by atoms with E-state index in [0.29, 0.717) is 6.54 Å². The third kappa shape index (κ3) is 4.49. The third-order valence-corrected chi connectivity index (χ3v) is 5.97. The minimum absolute atomic E-state index is 0.0251. The normalized spacial score (nSPS) is 17.0. The molecular formula is C26H28FN5. The molecule has 2 aromatic carbocycles. The molecule has 0 bridgehead atoms. The van der Waals surface area contributed by atoms with Crippen LogP contribution in [0.15, 0.2) is 83.5 Å². The second-order valence-electron chi connectivity index (χ2n) is 8.10. The molecule has 0 spiro atoms. The van der Waals surface area contributed by atoms with Gasteiger partial charge in [0, 0.05) is 18.4 Å². The van der Waals surface area contributed by atoms with Crippen molar-refractivity contribution in [1.29, 1.82) is 0 Å². The van der Waals surface area contributed by atoms with Crippen LogP contribution in [0, 0.1) is 6.92 Å². The number of aryl methyl sites for hydroxylation is 1. The molecule has 0 saturated carbocycles. The fraction of sp³-hybridized carbons (Fsp3) is 0.231. The van der Waals surface area contributed by atoms with Gasteiger partial charge in [0.2, 0.25) is 5.83 Å². The number of rotatable bonds is 5. The van der Waals surface area contributed by atoms with Crippen molar-refractivity contribution in [3.63, 3.8) is 0 Å². The van der Waals surface area contributed by atoms with Crippen LogP contribution in [-0.4, -0.2) is 22.3 Å². The molecule has 3 aromatic rings. The molecule has 0 saturated heterocycles. The number of amidine groups is 1. The van der Waals surface area contributed by atoms with Gasteiger partial charge in [-0.25, -0.2) is 0 Å². The number of pyridine rings is 1. The van der Waals surface area contributed by atoms with Crippen molar-refractivity contribution >= 4 is 5.84 Å². The molecule has 1 aromatic heterocycles. The Labute approximate surface area is 188 Å². The van der Waals surface area contributed by atoms with E-state index >= 15 is 4.39 Å². The minimum Gasteiger partial charge on any atom is -0.383 e. The van der Waals surface area contributed by atoms with Gasteiger partial charge in [0.1, 0.15) is 5.82 Å². The van der Waals surface area contributed by atoms with Crippen molar-refractivity contribution in [1.82, 2.24) is 9.88 Å². The van der Waals surface area contributed by atoms with E-state index in [1.165, 1.54) is 5.56 Å². The van der Waals surface area contributed by atoms with Gasteiger partial charge in [-0.05, 0) is 60.2 Å². The van der Waals surface area contributed by atoms with Crippen molar-refractivity contribution in [2.45, 2.75) is 32.9 Å². The molecule has 32 heavy (non-hydrogen) atoms. The summed E-state index contributed by atoms with van der Waals surface area (Å²) in [4.78, 5) is 10.3. The lowest BCUT2D eigenvalue weighted by atomic mass is 9.93. The van der Waals surface area contributed by atoms with Crippen molar-refractivity contribution in [2.24, 2.45) is 16.5 Å². The van der Waals surface area contributed by atoms with Crippen molar-refractivity contribution in [3.05, 3.63) is 101 Å². The number of aliphatic imine (C=N–C) groups is 1. The van der Waals surface area contributed by atoms with Crippen LogP contribution in [0.1, 0.15) is 35.3 Å². The first-order chi connectivity index (χ1) is 15.4. The molecule has 5 nitrogen and oxygen atoms in total. The van der Waals surface area contributed by atoms with E-state index in [1.807, 2.05) is 67.3 Å². The van der Waals surface area contributed by atoms with Crippen LogP contribution in [0.5, 0.6) is 0 Å². The highest BCUT2D eigenvalue weighted by Crippen LogP contribution is 2.31. The van der Waals surface area contributed by atoms with Crippen LogP contribution in [-0.2, 0) is 13.0 Å². The molecule has 1 unspecified atom stereocenters. The van der Waals surface area contributed by atoms with E-state index in [0.717, 1.165) is 34.4 Å². The summed E-state index contributed by atoms with van der Waals surface area (Å²) in [6.07, 6.45) is 2.61. The highest BCUT2D eigenvalue weighted by atomic mass is 19.1. The molecule has 6 heteroatoms. The summed E-state index contributed by atoms with van der Waals surface area (Å²) >= 11 is 0. The highest BCUT2D eigenvalue weighted by molar-refractivity contribution is 5.95. The van der Waals surface area contributed by atoms with Gasteiger partial charge < -0.3 is 16.4 Å². The van der Waals surface area contributed by atoms with E-state index < -0.39 is 5.83 Å². The Hall–Kier alpha value is -3.67. The number of nitrogens with zero attached hydrogens (tertiary/aromatic N) is 3. The van der Waals surface area contributed by atoms with Crippen molar-refractivity contribution < 1.29 is 4.39 Å². The summed E-state index contributed by atoms with van der Waals surface area (Å²) < 4.78 is 15.0. The molecule has 0 radical (unpaired) electrons. The number of nitrogens with two attached hydrogens (primary N) is 2. The number of hydrogen-bond acceptors (Lipinski definition) is 4. The maximum atomic E-state index is 15.0. The molecule has 2 heterocycles. The van der Waals surface area contributed by atoms with Gasteiger partial charge in [0.05, 0.1) is 12.6 Å². The van der Waals surface area contributed by atoms with Gasteiger partial charge in [-0.15, -0.1) is 0 Å². The minimum atomic E-state index is -0.667. The molecule has 4 rings (SSSR count). The van der Waals surface area contributed by atoms with Gasteiger partial charge in [0.15, 0.2) is 5.84 Å². The first-order valence-electron chi connectivity index (χ1n) is 10.8. The lowest BCUT2D eigenvalue weighted by molar-refractivity contribution is 0.247. The molecule has 1 atom stereocenters. The Morgan fingerprint density at radius 1 is 1.09 bits per heavy atom. The van der Waals surface area contributed by atoms with E-state index in [1.54, 1.807) is 6.20 Å². The first-order valence-corrected chi connectivity index (χ1v) is 10.8. The largest absolute Gasteiger partial charge is 0.383 e. The number of fused-ring (bicyclic) bond motifs is 1. The first kappa shape index (κ1) is 21.6. The predicted octanol–water partition coefficient (Wildman–Crippen LogP) is 4.63. The number of hydrogen-bond donors (Lipinski definition) is 2. The Morgan fingerprint density at radius 3 is 2.59 bits per heavy atom. The van der Waals surface area contributed by atoms with Gasteiger partial charge in [-0.1, -0.05) is 48.5 Å². The zero-order chi connectivity index (χ0) is 22.7. The summed E-state index contributed by atoms with van der Waals surface area (Å²) in [5.74, 6) is -0.806. The summed E-state index contributed by atoms with van der Waals surface area (Å²) in [5, 5.41) is 0. The van der Waals surface area contributed by atoms with Crippen LogP contribution in [0.2, 0.25) is 0 Å². The van der Waals surface area contributed by atoms with E-state index in [4.69, 9.17) is 11.5 Å². The van der Waals surface area contributed by atoms with Crippen LogP contribution >= 0.6 is 0 Å². The monoisotopic (exact) mass is 429 g/mol. The van der Waals surface area contributed by atoms with Crippen LogP contribution in [0.25, 0.3) is 11.1 Å². The summed E-state index contributed by atoms with van der Waals surface area (Å²) in [7, 11) is 0. The molecule has 0 amide bonds. The summed E-state index contributed by atoms with van der Waals surface area (Å²) in [6.45, 7) is 4.91. The average Bonchev–Trinajstić information content (AvgIpc) is 2.82. The standard InChI is InChI=1S/C26H28FN5/c1-17-15-22(11-13-30-17)20-9-7-19(8-10-20)16-31-25(28)24(27)26(29)32-14-12-21-5-3-4-6-23(21)18(32)2/h3-11,13,15,18H,12,14,16,29H2,1-2H3,(H2,28,31). The molecule has 1 aliphatic rings. The fourth-order valence-electron chi connectivity index (χ4n) is 4.13. The quantitative estimate of drug-likeness (QED) is 0.458. The zero-order valence-electron chi connectivity index (χ0n) is 18.4. The Morgan fingerprint density at radius 2 is 1.84 bits per heavy atom. The lowest BCUT2D eigenvalue weighted by Gasteiger charge is -2.37. The number of benzene rings is 2. The average molecular weight is 430 g/mol. The van der Waals surface area contributed by atoms with E-state index in [-0.39, 0.29) is 24.2 Å². The van der Waals surface area contributed by atoms with Crippen molar-refractivity contribution in [2.75, 3.05) is 6.54 Å². The molecule has 0 fully saturated rings. The second kappa shape index (κ2) is 9.22. The highest BCUT2D eigenvalue weighted by Gasteiger charge is 2.26.